The monoisotopic (exact) mass is 276 g/mol. The van der Waals surface area contributed by atoms with E-state index < -0.39 is 18.0 Å². The normalized spacial score (nSPS) is 22.1. The minimum absolute atomic E-state index is 0.139. The van der Waals surface area contributed by atoms with Gasteiger partial charge >= 0.3 is 11.9 Å². The number of esters is 2. The molecule has 2 unspecified atom stereocenters. The van der Waals surface area contributed by atoms with E-state index in [4.69, 9.17) is 9.47 Å². The molecule has 1 heterocycles. The van der Waals surface area contributed by atoms with Gasteiger partial charge in [-0.25, -0.2) is 9.59 Å². The first-order valence-electron chi connectivity index (χ1n) is 5.36. The highest BCUT2D eigenvalue weighted by Crippen LogP contribution is 2.24. The number of rotatable bonds is 4. The Morgan fingerprint density at radius 2 is 2.24 bits per heavy atom. The van der Waals surface area contributed by atoms with E-state index in [9.17, 15) is 9.59 Å². The first-order chi connectivity index (χ1) is 8.13. The van der Waals surface area contributed by atoms with Gasteiger partial charge < -0.3 is 9.47 Å². The predicted molar refractivity (Wildman–Crippen MR) is 70.0 cm³/mol. The summed E-state index contributed by atoms with van der Waals surface area (Å²) in [5.41, 5.74) is -0.139. The van der Waals surface area contributed by atoms with Crippen LogP contribution in [0.15, 0.2) is 12.7 Å². The van der Waals surface area contributed by atoms with Crippen LogP contribution in [0.4, 0.5) is 0 Å². The molecule has 0 amide bonds. The third-order valence-electron chi connectivity index (χ3n) is 2.03. The van der Waals surface area contributed by atoms with E-state index in [1.54, 1.807) is 23.5 Å². The second-order valence-corrected chi connectivity index (χ2v) is 5.87. The van der Waals surface area contributed by atoms with Crippen molar-refractivity contribution in [3.8, 4) is 0 Å². The predicted octanol–water partition coefficient (Wildman–Crippen LogP) is 1.84. The summed E-state index contributed by atoms with van der Waals surface area (Å²) in [5.74, 6) is 1.77. The topological polar surface area (TPSA) is 52.6 Å². The molecule has 96 valence electrons. The van der Waals surface area contributed by atoms with Crippen LogP contribution in [-0.4, -0.2) is 40.7 Å². The molecular formula is C11H16O4S2. The molecule has 1 fully saturated rings. The number of carbonyl (C=O) groups is 2. The van der Waals surface area contributed by atoms with E-state index in [1.807, 2.05) is 0 Å². The van der Waals surface area contributed by atoms with Crippen molar-refractivity contribution in [3.05, 3.63) is 12.7 Å². The molecule has 1 rings (SSSR count). The van der Waals surface area contributed by atoms with Gasteiger partial charge in [-0.15, -0.1) is 11.8 Å². The van der Waals surface area contributed by atoms with Crippen LogP contribution in [0, 0.1) is 0 Å². The molecule has 0 bridgehead atoms. The summed E-state index contributed by atoms with van der Waals surface area (Å²) < 4.78 is 10.1. The summed E-state index contributed by atoms with van der Waals surface area (Å²) in [7, 11) is 0. The zero-order valence-electron chi connectivity index (χ0n) is 9.72. The molecule has 1 aliphatic heterocycles. The molecule has 2 atom stereocenters. The van der Waals surface area contributed by atoms with Gasteiger partial charge in [0.1, 0.15) is 0 Å². The average molecular weight is 276 g/mol. The van der Waals surface area contributed by atoms with Crippen molar-refractivity contribution >= 4 is 35.5 Å². The maximum absolute atomic E-state index is 11.6. The SMILES string of the molecule is C=CC(=O)OC(C)C(=O)OC1CSCCCS1. The van der Waals surface area contributed by atoms with E-state index in [-0.39, 0.29) is 5.44 Å². The fourth-order valence-electron chi connectivity index (χ4n) is 1.17. The first-order valence-corrected chi connectivity index (χ1v) is 7.56. The third-order valence-corrected chi connectivity index (χ3v) is 4.52. The Hall–Kier alpha value is -0.620. The van der Waals surface area contributed by atoms with E-state index in [1.165, 1.54) is 6.92 Å². The fourth-order valence-corrected chi connectivity index (χ4v) is 3.54. The summed E-state index contributed by atoms with van der Waals surface area (Å²) >= 11 is 3.40. The van der Waals surface area contributed by atoms with Gasteiger partial charge in [0.05, 0.1) is 0 Å². The van der Waals surface area contributed by atoms with Crippen molar-refractivity contribution in [1.29, 1.82) is 0 Å². The number of thioether (sulfide) groups is 2. The van der Waals surface area contributed by atoms with Crippen molar-refractivity contribution in [3.63, 3.8) is 0 Å². The molecule has 0 N–H and O–H groups in total. The Morgan fingerprint density at radius 3 is 2.94 bits per heavy atom. The van der Waals surface area contributed by atoms with Gasteiger partial charge in [-0.3, -0.25) is 0 Å². The van der Waals surface area contributed by atoms with Crippen LogP contribution >= 0.6 is 23.5 Å². The van der Waals surface area contributed by atoms with Crippen molar-refractivity contribution in [2.24, 2.45) is 0 Å². The Balaban J connectivity index is 2.36. The van der Waals surface area contributed by atoms with Crippen molar-refractivity contribution in [2.75, 3.05) is 17.3 Å². The van der Waals surface area contributed by atoms with Crippen molar-refractivity contribution < 1.29 is 19.1 Å². The molecule has 17 heavy (non-hydrogen) atoms. The molecule has 0 saturated carbocycles. The molecule has 1 saturated heterocycles. The average Bonchev–Trinajstić information content (AvgIpc) is 2.57. The van der Waals surface area contributed by atoms with Crippen LogP contribution in [0.3, 0.4) is 0 Å². The third kappa shape index (κ3) is 5.50. The van der Waals surface area contributed by atoms with Gasteiger partial charge in [-0.05, 0) is 24.9 Å². The van der Waals surface area contributed by atoms with Crippen LogP contribution in [0.1, 0.15) is 13.3 Å². The molecule has 1 aliphatic rings. The minimum atomic E-state index is -0.880. The first kappa shape index (κ1) is 14.4. The quantitative estimate of drug-likeness (QED) is 0.577. The lowest BCUT2D eigenvalue weighted by atomic mass is 10.4. The highest BCUT2D eigenvalue weighted by Gasteiger charge is 2.23. The molecule has 0 spiro atoms. The van der Waals surface area contributed by atoms with Crippen molar-refractivity contribution in [2.45, 2.75) is 24.9 Å². The zero-order valence-corrected chi connectivity index (χ0v) is 11.4. The number of hydrogen-bond donors (Lipinski definition) is 0. The van der Waals surface area contributed by atoms with Crippen LogP contribution in [0.25, 0.3) is 0 Å². The van der Waals surface area contributed by atoms with E-state index in [0.29, 0.717) is 0 Å². The summed E-state index contributed by atoms with van der Waals surface area (Å²) in [4.78, 5) is 22.5. The standard InChI is InChI=1S/C11H16O4S2/c1-3-9(12)14-8(2)11(13)15-10-7-16-5-4-6-17-10/h3,8,10H,1,4-7H2,2H3. The number of carbonyl (C=O) groups excluding carboxylic acids is 2. The zero-order chi connectivity index (χ0) is 12.7. The van der Waals surface area contributed by atoms with Crippen LogP contribution in [0.5, 0.6) is 0 Å². The molecule has 0 aromatic heterocycles. The summed E-state index contributed by atoms with van der Waals surface area (Å²) in [6, 6.07) is 0. The summed E-state index contributed by atoms with van der Waals surface area (Å²) in [6.07, 6.45) is 1.28. The van der Waals surface area contributed by atoms with Gasteiger partial charge in [0.2, 0.25) is 0 Å². The Bertz CT molecular complexity index is 285. The van der Waals surface area contributed by atoms with Gasteiger partial charge in [0, 0.05) is 11.8 Å². The highest BCUT2D eigenvalue weighted by molar-refractivity contribution is 8.03. The highest BCUT2D eigenvalue weighted by atomic mass is 32.2. The lowest BCUT2D eigenvalue weighted by Gasteiger charge is -2.17. The molecule has 6 heteroatoms. The molecule has 0 aliphatic carbocycles. The van der Waals surface area contributed by atoms with Gasteiger partial charge in [0.15, 0.2) is 11.5 Å². The van der Waals surface area contributed by atoms with Gasteiger partial charge in [0.25, 0.3) is 0 Å². The molecule has 0 aromatic carbocycles. The Labute approximate surface area is 109 Å². The fraction of sp³-hybridized carbons (Fsp3) is 0.636. The van der Waals surface area contributed by atoms with Crippen LogP contribution in [-0.2, 0) is 19.1 Å². The maximum atomic E-state index is 11.6. The van der Waals surface area contributed by atoms with E-state index >= 15 is 0 Å². The molecule has 4 nitrogen and oxygen atoms in total. The summed E-state index contributed by atoms with van der Waals surface area (Å²) in [5, 5.41) is 0. The molecule has 0 radical (unpaired) electrons. The van der Waals surface area contributed by atoms with Crippen LogP contribution in [0.2, 0.25) is 0 Å². The number of hydrogen-bond acceptors (Lipinski definition) is 6. The van der Waals surface area contributed by atoms with Crippen molar-refractivity contribution in [1.82, 2.24) is 0 Å². The second kappa shape index (κ2) is 7.66. The maximum Gasteiger partial charge on any atom is 0.348 e. The smallest absolute Gasteiger partial charge is 0.348 e. The summed E-state index contributed by atoms with van der Waals surface area (Å²) in [6.45, 7) is 4.77. The van der Waals surface area contributed by atoms with Crippen LogP contribution < -0.4 is 0 Å². The molecular weight excluding hydrogens is 260 g/mol. The Morgan fingerprint density at radius 1 is 1.47 bits per heavy atom. The van der Waals surface area contributed by atoms with Gasteiger partial charge in [-0.1, -0.05) is 6.58 Å². The van der Waals surface area contributed by atoms with Gasteiger partial charge in [-0.2, -0.15) is 11.8 Å². The van der Waals surface area contributed by atoms with E-state index in [2.05, 4.69) is 6.58 Å². The largest absolute Gasteiger partial charge is 0.448 e. The van der Waals surface area contributed by atoms with E-state index in [0.717, 1.165) is 29.8 Å². The Kier molecular flexibility index (Phi) is 6.50. The lowest BCUT2D eigenvalue weighted by molar-refractivity contribution is -0.164. The number of ether oxygens (including phenoxy) is 2. The second-order valence-electron chi connectivity index (χ2n) is 3.45. The minimum Gasteiger partial charge on any atom is -0.448 e. The molecule has 0 aromatic rings. The lowest BCUT2D eigenvalue weighted by Crippen LogP contribution is -2.29.